The lowest BCUT2D eigenvalue weighted by atomic mass is 9.82. The first-order chi connectivity index (χ1) is 8.58. The van der Waals surface area contributed by atoms with E-state index in [1.54, 1.807) is 12.1 Å². The standard InChI is InChI=1S/C15H20N2O/c1-10-5-11(2)7-14(6-10)18-13-4-3-12(9-16)15(17)8-13/h3-4,8,10-11,14H,5-7,17H2,1-2H3. The Hall–Kier alpha value is -1.69. The van der Waals surface area contributed by atoms with Crippen LogP contribution in [0.4, 0.5) is 5.69 Å². The van der Waals surface area contributed by atoms with E-state index in [0.717, 1.165) is 30.4 Å². The Morgan fingerprint density at radius 3 is 2.44 bits per heavy atom. The van der Waals surface area contributed by atoms with Crippen LogP contribution in [-0.2, 0) is 0 Å². The molecule has 96 valence electrons. The Labute approximate surface area is 109 Å². The van der Waals surface area contributed by atoms with Gasteiger partial charge >= 0.3 is 0 Å². The first-order valence-electron chi connectivity index (χ1n) is 6.54. The van der Waals surface area contributed by atoms with Crippen molar-refractivity contribution in [2.24, 2.45) is 11.8 Å². The van der Waals surface area contributed by atoms with E-state index >= 15 is 0 Å². The second-order valence-corrected chi connectivity index (χ2v) is 5.52. The van der Waals surface area contributed by atoms with Crippen LogP contribution in [0.2, 0.25) is 0 Å². The summed E-state index contributed by atoms with van der Waals surface area (Å²) in [5.41, 5.74) is 6.79. The molecule has 0 bridgehead atoms. The maximum absolute atomic E-state index is 8.83. The van der Waals surface area contributed by atoms with Crippen LogP contribution in [-0.4, -0.2) is 6.10 Å². The van der Waals surface area contributed by atoms with Gasteiger partial charge in [-0.3, -0.25) is 0 Å². The molecule has 3 heteroatoms. The second kappa shape index (κ2) is 5.30. The van der Waals surface area contributed by atoms with Crippen molar-refractivity contribution >= 4 is 5.69 Å². The molecule has 2 atom stereocenters. The van der Waals surface area contributed by atoms with Gasteiger partial charge in [-0.25, -0.2) is 0 Å². The van der Waals surface area contributed by atoms with Gasteiger partial charge in [0.2, 0.25) is 0 Å². The number of hydrogen-bond donors (Lipinski definition) is 1. The van der Waals surface area contributed by atoms with E-state index in [-0.39, 0.29) is 6.10 Å². The van der Waals surface area contributed by atoms with Crippen molar-refractivity contribution in [1.29, 1.82) is 5.26 Å². The number of nitrogen functional groups attached to an aromatic ring is 1. The molecule has 0 aliphatic heterocycles. The smallest absolute Gasteiger partial charge is 0.121 e. The molecular weight excluding hydrogens is 224 g/mol. The Balaban J connectivity index is 2.05. The molecule has 0 heterocycles. The molecule has 1 aliphatic carbocycles. The minimum absolute atomic E-state index is 0.274. The summed E-state index contributed by atoms with van der Waals surface area (Å²) in [5, 5.41) is 8.83. The van der Waals surface area contributed by atoms with E-state index in [9.17, 15) is 0 Å². The van der Waals surface area contributed by atoms with E-state index in [1.807, 2.05) is 6.07 Å². The van der Waals surface area contributed by atoms with Gasteiger partial charge < -0.3 is 10.5 Å². The number of ether oxygens (including phenoxy) is 1. The number of hydrogen-bond acceptors (Lipinski definition) is 3. The molecule has 18 heavy (non-hydrogen) atoms. The van der Waals surface area contributed by atoms with E-state index in [4.69, 9.17) is 15.7 Å². The molecule has 0 amide bonds. The van der Waals surface area contributed by atoms with Crippen molar-refractivity contribution < 1.29 is 4.74 Å². The average molecular weight is 244 g/mol. The lowest BCUT2D eigenvalue weighted by Gasteiger charge is -2.31. The zero-order chi connectivity index (χ0) is 13.1. The van der Waals surface area contributed by atoms with Crippen molar-refractivity contribution in [2.75, 3.05) is 5.73 Å². The van der Waals surface area contributed by atoms with Crippen molar-refractivity contribution in [3.8, 4) is 11.8 Å². The first-order valence-corrected chi connectivity index (χ1v) is 6.54. The van der Waals surface area contributed by atoms with Crippen LogP contribution >= 0.6 is 0 Å². The number of nitriles is 1. The third-order valence-corrected chi connectivity index (χ3v) is 3.58. The number of anilines is 1. The van der Waals surface area contributed by atoms with Gasteiger partial charge in [0, 0.05) is 6.07 Å². The summed E-state index contributed by atoms with van der Waals surface area (Å²) >= 11 is 0. The van der Waals surface area contributed by atoms with Gasteiger partial charge in [-0.2, -0.15) is 5.26 Å². The number of rotatable bonds is 2. The SMILES string of the molecule is CC1CC(C)CC(Oc2ccc(C#N)c(N)c2)C1. The quantitative estimate of drug-likeness (QED) is 0.812. The predicted molar refractivity (Wildman–Crippen MR) is 72.2 cm³/mol. The van der Waals surface area contributed by atoms with Crippen molar-refractivity contribution in [3.05, 3.63) is 23.8 Å². The second-order valence-electron chi connectivity index (χ2n) is 5.52. The van der Waals surface area contributed by atoms with E-state index in [2.05, 4.69) is 19.9 Å². The normalized spacial score (nSPS) is 27.5. The third-order valence-electron chi connectivity index (χ3n) is 3.58. The van der Waals surface area contributed by atoms with Gasteiger partial charge in [-0.15, -0.1) is 0 Å². The molecule has 0 spiro atoms. The fourth-order valence-electron chi connectivity index (χ4n) is 2.88. The molecule has 1 aromatic rings. The fourth-order valence-corrected chi connectivity index (χ4v) is 2.88. The number of benzene rings is 1. The summed E-state index contributed by atoms with van der Waals surface area (Å²) in [4.78, 5) is 0. The summed E-state index contributed by atoms with van der Waals surface area (Å²) < 4.78 is 5.99. The molecule has 1 fully saturated rings. The van der Waals surface area contributed by atoms with Crippen molar-refractivity contribution in [1.82, 2.24) is 0 Å². The van der Waals surface area contributed by atoms with Crippen LogP contribution < -0.4 is 10.5 Å². The van der Waals surface area contributed by atoms with Crippen LogP contribution in [0, 0.1) is 23.2 Å². The van der Waals surface area contributed by atoms with Gasteiger partial charge in [0.05, 0.1) is 17.4 Å². The zero-order valence-electron chi connectivity index (χ0n) is 11.0. The van der Waals surface area contributed by atoms with E-state index in [1.165, 1.54) is 6.42 Å². The molecular formula is C15H20N2O. The maximum Gasteiger partial charge on any atom is 0.121 e. The molecule has 1 saturated carbocycles. The summed E-state index contributed by atoms with van der Waals surface area (Å²) in [5.74, 6) is 2.21. The minimum Gasteiger partial charge on any atom is -0.490 e. The highest BCUT2D eigenvalue weighted by molar-refractivity contribution is 5.57. The molecule has 3 nitrogen and oxygen atoms in total. The Morgan fingerprint density at radius 2 is 1.89 bits per heavy atom. The Morgan fingerprint density at radius 1 is 1.22 bits per heavy atom. The zero-order valence-corrected chi connectivity index (χ0v) is 11.0. The van der Waals surface area contributed by atoms with Crippen LogP contribution in [0.1, 0.15) is 38.7 Å². The van der Waals surface area contributed by atoms with Gasteiger partial charge in [-0.1, -0.05) is 13.8 Å². The van der Waals surface area contributed by atoms with Crippen LogP contribution in [0.5, 0.6) is 5.75 Å². The monoisotopic (exact) mass is 244 g/mol. The summed E-state index contributed by atoms with van der Waals surface area (Å²) in [6.07, 6.45) is 3.76. The van der Waals surface area contributed by atoms with Gasteiger partial charge in [0.15, 0.2) is 0 Å². The van der Waals surface area contributed by atoms with E-state index < -0.39 is 0 Å². The number of nitrogens with two attached hydrogens (primary N) is 1. The topological polar surface area (TPSA) is 59.0 Å². The van der Waals surface area contributed by atoms with Crippen LogP contribution in [0.25, 0.3) is 0 Å². The summed E-state index contributed by atoms with van der Waals surface area (Å²) in [7, 11) is 0. The van der Waals surface area contributed by atoms with Gasteiger partial charge in [0.25, 0.3) is 0 Å². The summed E-state index contributed by atoms with van der Waals surface area (Å²) in [6.45, 7) is 4.55. The highest BCUT2D eigenvalue weighted by Gasteiger charge is 2.25. The molecule has 1 aliphatic rings. The van der Waals surface area contributed by atoms with Crippen LogP contribution in [0.3, 0.4) is 0 Å². The minimum atomic E-state index is 0.274. The molecule has 0 radical (unpaired) electrons. The van der Waals surface area contributed by atoms with Crippen molar-refractivity contribution in [3.63, 3.8) is 0 Å². The van der Waals surface area contributed by atoms with Gasteiger partial charge in [-0.05, 0) is 43.2 Å². The Bertz CT molecular complexity index is 454. The van der Waals surface area contributed by atoms with Gasteiger partial charge in [0.1, 0.15) is 11.8 Å². The number of nitrogens with zero attached hydrogens (tertiary/aromatic N) is 1. The van der Waals surface area contributed by atoms with Crippen LogP contribution in [0.15, 0.2) is 18.2 Å². The largest absolute Gasteiger partial charge is 0.490 e. The first kappa shape index (κ1) is 12.8. The van der Waals surface area contributed by atoms with E-state index in [0.29, 0.717) is 11.3 Å². The third kappa shape index (κ3) is 2.95. The lowest BCUT2D eigenvalue weighted by Crippen LogP contribution is -2.28. The fraction of sp³-hybridized carbons (Fsp3) is 0.533. The maximum atomic E-state index is 8.83. The predicted octanol–water partition coefficient (Wildman–Crippen LogP) is 3.34. The lowest BCUT2D eigenvalue weighted by molar-refractivity contribution is 0.101. The highest BCUT2D eigenvalue weighted by atomic mass is 16.5. The molecule has 1 aromatic carbocycles. The molecule has 0 saturated heterocycles. The highest BCUT2D eigenvalue weighted by Crippen LogP contribution is 2.32. The Kier molecular flexibility index (Phi) is 3.76. The van der Waals surface area contributed by atoms with Crippen molar-refractivity contribution in [2.45, 2.75) is 39.2 Å². The average Bonchev–Trinajstić information content (AvgIpc) is 2.27. The molecule has 0 aromatic heterocycles. The summed E-state index contributed by atoms with van der Waals surface area (Å²) in [6, 6.07) is 7.37. The molecule has 2 N–H and O–H groups in total. The molecule has 2 unspecified atom stereocenters. The molecule has 2 rings (SSSR count).